The molecule has 3 amide bonds. The SMILES string of the molecule is CC(C)C[C@H]1/C=C/C(=O)NCCCC[C@H](NC(=O)O)C(=O)N1. The summed E-state index contributed by atoms with van der Waals surface area (Å²) in [4.78, 5) is 34.7. The molecule has 2 atom stereocenters. The third-order valence-electron chi connectivity index (χ3n) is 3.37. The Hall–Kier alpha value is -2.05. The van der Waals surface area contributed by atoms with Gasteiger partial charge in [-0.25, -0.2) is 4.79 Å². The van der Waals surface area contributed by atoms with Crippen molar-refractivity contribution in [3.63, 3.8) is 0 Å². The molecule has 0 spiro atoms. The average Bonchev–Trinajstić information content (AvgIpc) is 2.40. The molecule has 0 saturated heterocycles. The molecule has 4 N–H and O–H groups in total. The van der Waals surface area contributed by atoms with Gasteiger partial charge in [-0.1, -0.05) is 19.9 Å². The van der Waals surface area contributed by atoms with Crippen LogP contribution in [0.3, 0.4) is 0 Å². The van der Waals surface area contributed by atoms with Crippen molar-refractivity contribution in [2.24, 2.45) is 5.92 Å². The van der Waals surface area contributed by atoms with E-state index in [4.69, 9.17) is 5.11 Å². The van der Waals surface area contributed by atoms with Crippen LogP contribution < -0.4 is 16.0 Å². The van der Waals surface area contributed by atoms with Crippen LogP contribution in [0.25, 0.3) is 0 Å². The van der Waals surface area contributed by atoms with E-state index in [1.165, 1.54) is 6.08 Å². The molecule has 22 heavy (non-hydrogen) atoms. The highest BCUT2D eigenvalue weighted by atomic mass is 16.4. The lowest BCUT2D eigenvalue weighted by Crippen LogP contribution is -2.49. The summed E-state index contributed by atoms with van der Waals surface area (Å²) in [5, 5.41) is 16.7. The maximum Gasteiger partial charge on any atom is 0.405 e. The van der Waals surface area contributed by atoms with Gasteiger partial charge in [0.25, 0.3) is 0 Å². The van der Waals surface area contributed by atoms with Gasteiger partial charge in [0.1, 0.15) is 6.04 Å². The van der Waals surface area contributed by atoms with Crippen molar-refractivity contribution < 1.29 is 19.5 Å². The lowest BCUT2D eigenvalue weighted by Gasteiger charge is -2.22. The first-order valence-corrected chi connectivity index (χ1v) is 7.64. The summed E-state index contributed by atoms with van der Waals surface area (Å²) < 4.78 is 0. The zero-order chi connectivity index (χ0) is 16.5. The number of amides is 3. The summed E-state index contributed by atoms with van der Waals surface area (Å²) in [7, 11) is 0. The summed E-state index contributed by atoms with van der Waals surface area (Å²) in [6.45, 7) is 4.55. The molecule has 0 radical (unpaired) electrons. The van der Waals surface area contributed by atoms with Crippen molar-refractivity contribution in [1.29, 1.82) is 0 Å². The van der Waals surface area contributed by atoms with Crippen LogP contribution in [-0.2, 0) is 9.59 Å². The molecule has 7 nitrogen and oxygen atoms in total. The van der Waals surface area contributed by atoms with E-state index in [2.05, 4.69) is 16.0 Å². The molecule has 124 valence electrons. The Balaban J connectivity index is 2.84. The fraction of sp³-hybridized carbons (Fsp3) is 0.667. The molecule has 7 heteroatoms. The highest BCUT2D eigenvalue weighted by Gasteiger charge is 2.22. The molecule has 1 aliphatic rings. The molecule has 0 fully saturated rings. The van der Waals surface area contributed by atoms with Crippen molar-refractivity contribution in [1.82, 2.24) is 16.0 Å². The number of carboxylic acid groups (broad SMARTS) is 1. The molecule has 0 aromatic heterocycles. The van der Waals surface area contributed by atoms with Gasteiger partial charge in [-0.3, -0.25) is 9.59 Å². The van der Waals surface area contributed by atoms with Gasteiger partial charge in [0.05, 0.1) is 0 Å². The predicted molar refractivity (Wildman–Crippen MR) is 82.3 cm³/mol. The normalized spacial score (nSPS) is 25.4. The number of carbonyl (C=O) groups excluding carboxylic acids is 2. The van der Waals surface area contributed by atoms with Gasteiger partial charge >= 0.3 is 6.09 Å². The molecular formula is C15H25N3O4. The first kappa shape index (κ1) is 18.0. The van der Waals surface area contributed by atoms with Crippen LogP contribution in [0.2, 0.25) is 0 Å². The topological polar surface area (TPSA) is 108 Å². The molecule has 1 rings (SSSR count). The largest absolute Gasteiger partial charge is 0.465 e. The molecule has 0 aromatic carbocycles. The van der Waals surface area contributed by atoms with E-state index in [9.17, 15) is 14.4 Å². The second-order valence-electron chi connectivity index (χ2n) is 5.89. The standard InChI is InChI=1S/C15H25N3O4/c1-10(2)9-11-6-7-13(19)16-8-4-3-5-12(14(20)17-11)18-15(21)22/h6-7,10-12,18H,3-5,8-9H2,1-2H3,(H,16,19)(H,17,20)(H,21,22)/b7-6+/t11-,12+/m1/s1. The van der Waals surface area contributed by atoms with Gasteiger partial charge in [-0.2, -0.15) is 0 Å². The molecule has 0 saturated carbocycles. The van der Waals surface area contributed by atoms with Gasteiger partial charge in [-0.05, 0) is 31.6 Å². The van der Waals surface area contributed by atoms with Gasteiger partial charge in [0, 0.05) is 18.7 Å². The molecule has 0 unspecified atom stereocenters. The minimum Gasteiger partial charge on any atom is -0.465 e. The molecular weight excluding hydrogens is 286 g/mol. The zero-order valence-corrected chi connectivity index (χ0v) is 13.1. The number of hydrogen-bond acceptors (Lipinski definition) is 3. The molecule has 0 aromatic rings. The van der Waals surface area contributed by atoms with Crippen LogP contribution in [0.1, 0.15) is 39.5 Å². The Kier molecular flexibility index (Phi) is 7.42. The molecule has 0 aliphatic carbocycles. The molecule has 1 heterocycles. The number of nitrogens with one attached hydrogen (secondary N) is 3. The van der Waals surface area contributed by atoms with E-state index in [0.717, 1.165) is 0 Å². The Labute approximate surface area is 130 Å². The van der Waals surface area contributed by atoms with Crippen LogP contribution in [0.5, 0.6) is 0 Å². The first-order valence-electron chi connectivity index (χ1n) is 7.64. The van der Waals surface area contributed by atoms with E-state index < -0.39 is 12.1 Å². The minimum absolute atomic E-state index is 0.177. The van der Waals surface area contributed by atoms with E-state index in [-0.39, 0.29) is 17.9 Å². The Morgan fingerprint density at radius 2 is 2.14 bits per heavy atom. The monoisotopic (exact) mass is 311 g/mol. The van der Waals surface area contributed by atoms with Crippen LogP contribution in [0.15, 0.2) is 12.2 Å². The van der Waals surface area contributed by atoms with Crippen molar-refractivity contribution >= 4 is 17.9 Å². The number of carbonyl (C=O) groups is 3. The Morgan fingerprint density at radius 3 is 2.77 bits per heavy atom. The maximum absolute atomic E-state index is 12.3. The van der Waals surface area contributed by atoms with Crippen LogP contribution in [0, 0.1) is 5.92 Å². The van der Waals surface area contributed by atoms with Gasteiger partial charge in [0.15, 0.2) is 0 Å². The summed E-state index contributed by atoms with van der Waals surface area (Å²) in [6, 6.07) is -1.06. The Morgan fingerprint density at radius 1 is 1.41 bits per heavy atom. The van der Waals surface area contributed by atoms with Crippen molar-refractivity contribution in [2.45, 2.75) is 51.6 Å². The highest BCUT2D eigenvalue weighted by Crippen LogP contribution is 2.08. The molecule has 0 bridgehead atoms. The van der Waals surface area contributed by atoms with Gasteiger partial charge in [0.2, 0.25) is 11.8 Å². The van der Waals surface area contributed by atoms with Crippen molar-refractivity contribution in [3.05, 3.63) is 12.2 Å². The third-order valence-corrected chi connectivity index (χ3v) is 3.37. The van der Waals surface area contributed by atoms with Crippen molar-refractivity contribution in [3.8, 4) is 0 Å². The van der Waals surface area contributed by atoms with Crippen LogP contribution in [-0.4, -0.2) is 41.6 Å². The van der Waals surface area contributed by atoms with Crippen LogP contribution in [0.4, 0.5) is 4.79 Å². The molecule has 1 aliphatic heterocycles. The Bertz CT molecular complexity index is 435. The first-order chi connectivity index (χ1) is 10.4. The van der Waals surface area contributed by atoms with Crippen molar-refractivity contribution in [2.75, 3.05) is 6.54 Å². The quantitative estimate of drug-likeness (QED) is 0.624. The maximum atomic E-state index is 12.3. The smallest absolute Gasteiger partial charge is 0.405 e. The zero-order valence-electron chi connectivity index (χ0n) is 13.1. The van der Waals surface area contributed by atoms with Gasteiger partial charge in [-0.15, -0.1) is 0 Å². The third kappa shape index (κ3) is 7.10. The van der Waals surface area contributed by atoms with E-state index in [1.807, 2.05) is 13.8 Å². The summed E-state index contributed by atoms with van der Waals surface area (Å²) in [6.07, 6.45) is 4.30. The fourth-order valence-corrected chi connectivity index (χ4v) is 2.34. The van der Waals surface area contributed by atoms with E-state index in [0.29, 0.717) is 38.1 Å². The van der Waals surface area contributed by atoms with Crippen LogP contribution >= 0.6 is 0 Å². The predicted octanol–water partition coefficient (Wildman–Crippen LogP) is 1.01. The lowest BCUT2D eigenvalue weighted by atomic mass is 10.0. The summed E-state index contributed by atoms with van der Waals surface area (Å²) >= 11 is 0. The van der Waals surface area contributed by atoms with E-state index >= 15 is 0 Å². The second kappa shape index (κ2) is 9.07. The number of hydrogen-bond donors (Lipinski definition) is 4. The lowest BCUT2D eigenvalue weighted by molar-refractivity contribution is -0.124. The van der Waals surface area contributed by atoms with Gasteiger partial charge < -0.3 is 21.1 Å². The van der Waals surface area contributed by atoms with E-state index in [1.54, 1.807) is 6.08 Å². The summed E-state index contributed by atoms with van der Waals surface area (Å²) in [5.74, 6) is -0.195. The summed E-state index contributed by atoms with van der Waals surface area (Å²) in [5.41, 5.74) is 0. The fourth-order valence-electron chi connectivity index (χ4n) is 2.34. The minimum atomic E-state index is -1.21. The second-order valence-corrected chi connectivity index (χ2v) is 5.89. The highest BCUT2D eigenvalue weighted by molar-refractivity contribution is 5.88. The average molecular weight is 311 g/mol. The number of rotatable bonds is 3.